The van der Waals surface area contributed by atoms with Crippen molar-refractivity contribution in [3.8, 4) is 11.5 Å². The molecule has 10 heteroatoms. The van der Waals surface area contributed by atoms with Gasteiger partial charge in [-0.2, -0.15) is 0 Å². The lowest BCUT2D eigenvalue weighted by molar-refractivity contribution is -0.139. The Bertz CT molecular complexity index is 1230. The molecule has 0 aromatic carbocycles. The highest BCUT2D eigenvalue weighted by atomic mass is 32.2. The van der Waals surface area contributed by atoms with Crippen molar-refractivity contribution in [2.75, 3.05) is 12.9 Å². The first-order valence-electron chi connectivity index (χ1n) is 16.1. The van der Waals surface area contributed by atoms with Crippen molar-refractivity contribution < 1.29 is 23.1 Å². The van der Waals surface area contributed by atoms with Crippen LogP contribution in [0.5, 0.6) is 11.5 Å². The monoisotopic (exact) mass is 640 g/mol. The van der Waals surface area contributed by atoms with Gasteiger partial charge in [-0.3, -0.25) is 0 Å². The molecule has 2 aliphatic rings. The van der Waals surface area contributed by atoms with Gasteiger partial charge in [0.2, 0.25) is 0 Å². The van der Waals surface area contributed by atoms with Gasteiger partial charge in [-0.05, 0) is 83.5 Å². The minimum Gasteiger partial charge on any atom is -0.487 e. The maximum absolute atomic E-state index is 6.48. The Morgan fingerprint density at radius 3 is 1.67 bits per heavy atom. The lowest BCUT2D eigenvalue weighted by atomic mass is 9.81. The second-order valence-electron chi connectivity index (χ2n) is 14.5. The molecule has 0 amide bonds. The predicted molar refractivity (Wildman–Crippen MR) is 180 cm³/mol. The summed E-state index contributed by atoms with van der Waals surface area (Å²) >= 11 is 1.33. The number of ether oxygens (including phenoxy) is 4. The number of aromatic nitrogens is 4. The fourth-order valence-electron chi connectivity index (χ4n) is 5.25. The molecule has 45 heavy (non-hydrogen) atoms. The van der Waals surface area contributed by atoms with Crippen molar-refractivity contribution in [2.45, 2.75) is 129 Å². The van der Waals surface area contributed by atoms with Crippen molar-refractivity contribution in [1.29, 1.82) is 0 Å². The number of nitrogens with zero attached hydrogens (tertiary/aromatic N) is 4. The van der Waals surface area contributed by atoms with E-state index in [0.717, 1.165) is 44.9 Å². The molecule has 2 saturated carbocycles. The molecule has 0 bridgehead atoms. The summed E-state index contributed by atoms with van der Waals surface area (Å²) in [7, 11) is 0. The summed E-state index contributed by atoms with van der Waals surface area (Å²) < 4.78 is 29.7. The molecule has 0 aliphatic heterocycles. The van der Waals surface area contributed by atoms with Crippen LogP contribution in [0.25, 0.3) is 12.2 Å². The Morgan fingerprint density at radius 2 is 1.18 bits per heavy atom. The van der Waals surface area contributed by atoms with Crippen molar-refractivity contribution in [3.05, 3.63) is 48.6 Å². The van der Waals surface area contributed by atoms with Gasteiger partial charge in [0.1, 0.15) is 12.2 Å². The van der Waals surface area contributed by atoms with E-state index >= 15 is 0 Å². The van der Waals surface area contributed by atoms with E-state index in [1.54, 1.807) is 24.8 Å². The summed E-state index contributed by atoms with van der Waals surface area (Å²) in [6.45, 7) is 15.8. The third-order valence-electron chi connectivity index (χ3n) is 7.90. The first kappa shape index (κ1) is 35.3. The fourth-order valence-corrected chi connectivity index (χ4v) is 5.46. The molecule has 2 aromatic heterocycles. The van der Waals surface area contributed by atoms with Gasteiger partial charge >= 0.3 is 0 Å². The maximum atomic E-state index is 6.48. The van der Waals surface area contributed by atoms with E-state index in [2.05, 4.69) is 74.5 Å². The molecule has 0 N–H and O–H groups in total. The van der Waals surface area contributed by atoms with Crippen LogP contribution in [-0.2, 0) is 13.7 Å². The molecule has 248 valence electrons. The minimum absolute atomic E-state index is 0.116. The average Bonchev–Trinajstić information content (AvgIpc) is 2.93. The second-order valence-corrected chi connectivity index (χ2v) is 15.0. The zero-order valence-corrected chi connectivity index (χ0v) is 29.1. The summed E-state index contributed by atoms with van der Waals surface area (Å²) in [6.07, 6.45) is 24.1. The van der Waals surface area contributed by atoms with Gasteiger partial charge in [-0.15, -0.1) is 0 Å². The molecule has 2 heterocycles. The lowest BCUT2D eigenvalue weighted by Crippen LogP contribution is -2.44. The van der Waals surface area contributed by atoms with Crippen molar-refractivity contribution in [1.82, 2.24) is 19.9 Å². The molecule has 9 nitrogen and oxygen atoms in total. The van der Waals surface area contributed by atoms with Gasteiger partial charge < -0.3 is 23.1 Å². The number of allylic oxidation sites excluding steroid dienone is 1. The maximum Gasteiger partial charge on any atom is 0.156 e. The van der Waals surface area contributed by atoms with Crippen LogP contribution in [0.2, 0.25) is 0 Å². The number of rotatable bonds is 17. The fraction of sp³-hybridized carbons (Fsp3) is 0.657. The molecule has 4 rings (SSSR count). The highest BCUT2D eigenvalue weighted by Crippen LogP contribution is 2.36. The largest absolute Gasteiger partial charge is 0.487 e. The van der Waals surface area contributed by atoms with Crippen LogP contribution in [0.3, 0.4) is 0 Å². The predicted octanol–water partition coefficient (Wildman–Crippen LogP) is 7.91. The Balaban J connectivity index is 1.10. The molecule has 2 fully saturated rings. The average molecular weight is 641 g/mol. The zero-order valence-electron chi connectivity index (χ0n) is 28.3. The van der Waals surface area contributed by atoms with Gasteiger partial charge in [0.15, 0.2) is 23.1 Å². The molecule has 2 aromatic rings. The van der Waals surface area contributed by atoms with E-state index in [-0.39, 0.29) is 41.0 Å². The molecular formula is C35H52N4O5S. The number of hydrogen-bond donors (Lipinski definition) is 0. The first-order valence-corrected chi connectivity index (χ1v) is 17.2. The highest BCUT2D eigenvalue weighted by Gasteiger charge is 2.37. The van der Waals surface area contributed by atoms with Crippen LogP contribution in [0.15, 0.2) is 36.9 Å². The smallest absolute Gasteiger partial charge is 0.156 e. The Labute approximate surface area is 274 Å². The quantitative estimate of drug-likeness (QED) is 0.125. The summed E-state index contributed by atoms with van der Waals surface area (Å²) in [5.74, 6) is 2.73. The molecule has 0 spiro atoms. The van der Waals surface area contributed by atoms with Crippen molar-refractivity contribution in [3.63, 3.8) is 0 Å². The Morgan fingerprint density at radius 1 is 0.689 bits per heavy atom. The SMILES string of the molecule is CSOC/C=C/c1ncc(O[C@H]2C[C@H](OC(C)(C)CCC(C)(C)C/C=C/c3ncc(O[C@H]4C[C@H](OC(C)(C)C)C4)cn3)C2)cn1. The van der Waals surface area contributed by atoms with Crippen LogP contribution in [-0.4, -0.2) is 68.4 Å². The van der Waals surface area contributed by atoms with E-state index < -0.39 is 0 Å². The molecule has 0 saturated heterocycles. The Hall–Kier alpha value is -2.53. The van der Waals surface area contributed by atoms with E-state index in [1.165, 1.54) is 12.0 Å². The van der Waals surface area contributed by atoms with Crippen LogP contribution in [0, 0.1) is 5.41 Å². The van der Waals surface area contributed by atoms with E-state index in [4.69, 9.17) is 23.1 Å². The zero-order chi connectivity index (χ0) is 32.5. The first-order chi connectivity index (χ1) is 21.3. The minimum atomic E-state index is -0.202. The lowest BCUT2D eigenvalue weighted by Gasteiger charge is -2.41. The summed E-state index contributed by atoms with van der Waals surface area (Å²) in [4.78, 5) is 17.6. The second kappa shape index (κ2) is 15.8. The molecule has 0 atom stereocenters. The third-order valence-corrected chi connectivity index (χ3v) is 8.27. The van der Waals surface area contributed by atoms with Gasteiger partial charge in [0, 0.05) is 31.9 Å². The summed E-state index contributed by atoms with van der Waals surface area (Å²) in [5.41, 5.74) is -0.189. The summed E-state index contributed by atoms with van der Waals surface area (Å²) in [6, 6.07) is 0. The van der Waals surface area contributed by atoms with Crippen molar-refractivity contribution >= 4 is 24.2 Å². The Kier molecular flexibility index (Phi) is 12.4. The van der Waals surface area contributed by atoms with Crippen LogP contribution >= 0.6 is 12.0 Å². The van der Waals surface area contributed by atoms with E-state index in [0.29, 0.717) is 29.8 Å². The van der Waals surface area contributed by atoms with E-state index in [1.807, 2.05) is 24.5 Å². The van der Waals surface area contributed by atoms with Gasteiger partial charge in [0.05, 0.1) is 54.8 Å². The van der Waals surface area contributed by atoms with Gasteiger partial charge in [-0.1, -0.05) is 26.0 Å². The van der Waals surface area contributed by atoms with Crippen LogP contribution in [0.4, 0.5) is 0 Å². The topological polar surface area (TPSA) is 97.7 Å². The third kappa shape index (κ3) is 12.6. The molecule has 0 radical (unpaired) electrons. The van der Waals surface area contributed by atoms with E-state index in [9.17, 15) is 0 Å². The van der Waals surface area contributed by atoms with Crippen LogP contribution < -0.4 is 9.47 Å². The normalized spacial score (nSPS) is 22.4. The van der Waals surface area contributed by atoms with Crippen LogP contribution in [0.1, 0.15) is 105 Å². The van der Waals surface area contributed by atoms with Crippen molar-refractivity contribution in [2.24, 2.45) is 5.41 Å². The molecule has 0 unspecified atom stereocenters. The van der Waals surface area contributed by atoms with Gasteiger partial charge in [0.25, 0.3) is 0 Å². The molecular weight excluding hydrogens is 588 g/mol. The standard InChI is InChI=1S/C35H52N4O5S/c1-33(2,3)43-27-17-25(18-27)41-29-21-36-31(37-22-29)11-9-13-34(4,5)14-15-35(6,7)44-28-19-26(20-28)42-30-23-38-32(39-24-30)12-10-16-40-45-8/h9-12,21-28H,13-20H2,1-8H3/b11-9+,12-10+/t25-,26-,27-,28-. The summed E-state index contributed by atoms with van der Waals surface area (Å²) in [5, 5.41) is 0. The van der Waals surface area contributed by atoms with Gasteiger partial charge in [-0.25, -0.2) is 19.9 Å². The number of hydrogen-bond acceptors (Lipinski definition) is 10. The highest BCUT2D eigenvalue weighted by molar-refractivity contribution is 7.93. The molecule has 2 aliphatic carbocycles.